The zero-order valence-corrected chi connectivity index (χ0v) is 22.1. The molecule has 8 heteroatoms. The van der Waals surface area contributed by atoms with E-state index in [0.29, 0.717) is 24.1 Å². The fourth-order valence-electron chi connectivity index (χ4n) is 4.41. The molecule has 0 aliphatic carbocycles. The van der Waals surface area contributed by atoms with Crippen molar-refractivity contribution in [1.29, 1.82) is 0 Å². The van der Waals surface area contributed by atoms with E-state index in [4.69, 9.17) is 0 Å². The van der Waals surface area contributed by atoms with E-state index in [1.807, 2.05) is 52.0 Å². The molecule has 2 heterocycles. The molecular formula is C28H39N5O3. The van der Waals surface area contributed by atoms with Crippen LogP contribution in [-0.2, 0) is 27.2 Å². The molecule has 3 N–H and O–H groups in total. The van der Waals surface area contributed by atoms with Gasteiger partial charge in [0.2, 0.25) is 17.7 Å². The van der Waals surface area contributed by atoms with Crippen LogP contribution in [0.2, 0.25) is 0 Å². The predicted molar refractivity (Wildman–Crippen MR) is 143 cm³/mol. The van der Waals surface area contributed by atoms with Crippen molar-refractivity contribution in [2.75, 3.05) is 23.7 Å². The van der Waals surface area contributed by atoms with E-state index in [0.717, 1.165) is 30.4 Å². The van der Waals surface area contributed by atoms with E-state index < -0.39 is 5.41 Å². The normalized spacial score (nSPS) is 17.8. The highest BCUT2D eigenvalue weighted by Crippen LogP contribution is 2.23. The van der Waals surface area contributed by atoms with E-state index >= 15 is 0 Å². The Morgan fingerprint density at radius 3 is 2.44 bits per heavy atom. The molecule has 1 saturated heterocycles. The van der Waals surface area contributed by atoms with E-state index in [1.165, 1.54) is 0 Å². The van der Waals surface area contributed by atoms with E-state index in [9.17, 15) is 14.4 Å². The van der Waals surface area contributed by atoms with Gasteiger partial charge in [-0.25, -0.2) is 4.98 Å². The third-order valence-corrected chi connectivity index (χ3v) is 6.45. The van der Waals surface area contributed by atoms with Crippen LogP contribution in [0.5, 0.6) is 0 Å². The smallest absolute Gasteiger partial charge is 0.244 e. The molecule has 3 rings (SSSR count). The number of nitrogens with zero attached hydrogens (tertiary/aromatic N) is 2. The van der Waals surface area contributed by atoms with Crippen molar-refractivity contribution in [2.24, 2.45) is 5.41 Å². The van der Waals surface area contributed by atoms with Crippen LogP contribution in [0, 0.1) is 5.41 Å². The number of anilines is 2. The van der Waals surface area contributed by atoms with Gasteiger partial charge in [-0.15, -0.1) is 0 Å². The molecule has 1 aromatic carbocycles. The number of piperidine rings is 1. The molecule has 0 spiro atoms. The van der Waals surface area contributed by atoms with E-state index in [1.54, 1.807) is 23.2 Å². The Bertz CT molecular complexity index is 1060. The van der Waals surface area contributed by atoms with Crippen LogP contribution in [0.15, 0.2) is 42.6 Å². The van der Waals surface area contributed by atoms with Crippen molar-refractivity contribution in [3.05, 3.63) is 53.7 Å². The summed E-state index contributed by atoms with van der Waals surface area (Å²) in [7, 11) is 0. The number of nitrogens with one attached hydrogen (secondary N) is 3. The summed E-state index contributed by atoms with van der Waals surface area (Å²) >= 11 is 0. The summed E-state index contributed by atoms with van der Waals surface area (Å²) in [4.78, 5) is 44.7. The number of carbonyl (C=O) groups is 3. The number of rotatable bonds is 8. The number of amides is 3. The van der Waals surface area contributed by atoms with Crippen LogP contribution >= 0.6 is 0 Å². The summed E-state index contributed by atoms with van der Waals surface area (Å²) in [6.07, 6.45) is 4.39. The molecule has 0 bridgehead atoms. The third-order valence-electron chi connectivity index (χ3n) is 6.45. The second-order valence-electron chi connectivity index (χ2n) is 10.5. The number of aromatic nitrogens is 1. The molecule has 0 saturated carbocycles. The van der Waals surface area contributed by atoms with Gasteiger partial charge in [0.1, 0.15) is 12.4 Å². The van der Waals surface area contributed by atoms with Gasteiger partial charge >= 0.3 is 0 Å². The minimum atomic E-state index is -0.583. The first-order chi connectivity index (χ1) is 17.1. The molecular weight excluding hydrogens is 454 g/mol. The third kappa shape index (κ3) is 7.62. The van der Waals surface area contributed by atoms with Crippen LogP contribution in [0.25, 0.3) is 0 Å². The van der Waals surface area contributed by atoms with Crippen LogP contribution in [0.1, 0.15) is 58.6 Å². The standard InChI is InChI=1S/C28H39N5O3/c1-6-20-11-12-22(15-21(20)16-25(34)32-24-9-7-8-14-29-24)31-26(35)18-33(27(36)28(3,4)5)23-13-10-19(2)30-17-23/h7-9,11-12,14-15,19,23,30H,6,10,13,16-18H2,1-5H3,(H,31,35)(H,29,32,34)/t19-,23+/m1/s1. The number of aryl methyl sites for hydroxylation is 1. The van der Waals surface area contributed by atoms with Gasteiger partial charge in [-0.3, -0.25) is 14.4 Å². The Morgan fingerprint density at radius 1 is 1.06 bits per heavy atom. The van der Waals surface area contributed by atoms with Gasteiger partial charge in [-0.2, -0.15) is 0 Å². The maximum Gasteiger partial charge on any atom is 0.244 e. The Hall–Kier alpha value is -3.26. The Balaban J connectivity index is 1.70. The zero-order valence-electron chi connectivity index (χ0n) is 22.1. The fourth-order valence-corrected chi connectivity index (χ4v) is 4.41. The Morgan fingerprint density at radius 2 is 1.83 bits per heavy atom. The summed E-state index contributed by atoms with van der Waals surface area (Å²) in [5, 5.41) is 9.18. The summed E-state index contributed by atoms with van der Waals surface area (Å²) in [5.74, 6) is 0.0413. The minimum absolute atomic E-state index is 0.0120. The lowest BCUT2D eigenvalue weighted by Crippen LogP contribution is -2.55. The van der Waals surface area contributed by atoms with Crippen LogP contribution in [-0.4, -0.2) is 52.8 Å². The second-order valence-corrected chi connectivity index (χ2v) is 10.5. The molecule has 1 aliphatic heterocycles. The molecule has 1 aromatic heterocycles. The predicted octanol–water partition coefficient (Wildman–Crippen LogP) is 3.78. The van der Waals surface area contributed by atoms with Crippen molar-refractivity contribution in [3.63, 3.8) is 0 Å². The first kappa shape index (κ1) is 27.3. The Labute approximate surface area is 214 Å². The molecule has 1 fully saturated rings. The van der Waals surface area contributed by atoms with Gasteiger partial charge in [0.25, 0.3) is 0 Å². The lowest BCUT2D eigenvalue weighted by Gasteiger charge is -2.39. The van der Waals surface area contributed by atoms with Crippen LogP contribution in [0.4, 0.5) is 11.5 Å². The average molecular weight is 494 g/mol. The summed E-state index contributed by atoms with van der Waals surface area (Å²) in [6.45, 7) is 10.5. The fraction of sp³-hybridized carbons (Fsp3) is 0.500. The van der Waals surface area contributed by atoms with Gasteiger partial charge in [0, 0.05) is 35.9 Å². The highest BCUT2D eigenvalue weighted by Gasteiger charge is 2.34. The molecule has 0 radical (unpaired) electrons. The van der Waals surface area contributed by atoms with Gasteiger partial charge in [0.05, 0.1) is 6.42 Å². The average Bonchev–Trinajstić information content (AvgIpc) is 2.83. The van der Waals surface area contributed by atoms with Crippen molar-refractivity contribution in [1.82, 2.24) is 15.2 Å². The monoisotopic (exact) mass is 493 g/mol. The summed E-state index contributed by atoms with van der Waals surface area (Å²) < 4.78 is 0. The molecule has 36 heavy (non-hydrogen) atoms. The van der Waals surface area contributed by atoms with E-state index in [-0.39, 0.29) is 36.7 Å². The van der Waals surface area contributed by atoms with Crippen LogP contribution < -0.4 is 16.0 Å². The number of pyridine rings is 1. The van der Waals surface area contributed by atoms with E-state index in [2.05, 4.69) is 27.9 Å². The first-order valence-corrected chi connectivity index (χ1v) is 12.7. The van der Waals surface area contributed by atoms with Gasteiger partial charge < -0.3 is 20.9 Å². The van der Waals surface area contributed by atoms with Gasteiger partial charge in [-0.05, 0) is 61.6 Å². The molecule has 1 aliphatic rings. The largest absolute Gasteiger partial charge is 0.329 e. The highest BCUT2D eigenvalue weighted by atomic mass is 16.2. The molecule has 2 atom stereocenters. The molecule has 3 amide bonds. The maximum atomic E-state index is 13.2. The Kier molecular flexibility index (Phi) is 9.20. The van der Waals surface area contributed by atoms with Gasteiger partial charge in [-0.1, -0.05) is 39.8 Å². The molecule has 0 unspecified atom stereocenters. The first-order valence-electron chi connectivity index (χ1n) is 12.7. The van der Waals surface area contributed by atoms with Crippen molar-refractivity contribution in [2.45, 2.75) is 72.4 Å². The number of hydrogen-bond donors (Lipinski definition) is 3. The number of hydrogen-bond acceptors (Lipinski definition) is 5. The molecule has 194 valence electrons. The highest BCUT2D eigenvalue weighted by molar-refractivity contribution is 5.96. The minimum Gasteiger partial charge on any atom is -0.329 e. The quantitative estimate of drug-likeness (QED) is 0.519. The van der Waals surface area contributed by atoms with Crippen molar-refractivity contribution >= 4 is 29.2 Å². The number of benzene rings is 1. The molecule has 8 nitrogen and oxygen atoms in total. The number of carbonyl (C=O) groups excluding carboxylic acids is 3. The zero-order chi connectivity index (χ0) is 26.3. The van der Waals surface area contributed by atoms with Gasteiger partial charge in [0.15, 0.2) is 0 Å². The summed E-state index contributed by atoms with van der Waals surface area (Å²) in [5.41, 5.74) is 1.91. The lowest BCUT2D eigenvalue weighted by atomic mass is 9.92. The second kappa shape index (κ2) is 12.1. The van der Waals surface area contributed by atoms with Crippen molar-refractivity contribution in [3.8, 4) is 0 Å². The maximum absolute atomic E-state index is 13.2. The van der Waals surface area contributed by atoms with Crippen LogP contribution in [0.3, 0.4) is 0 Å². The SMILES string of the molecule is CCc1ccc(NC(=O)CN(C(=O)C(C)(C)C)[C@H]2CC[C@@H](C)NC2)cc1CC(=O)Nc1ccccn1. The van der Waals surface area contributed by atoms with Crippen molar-refractivity contribution < 1.29 is 14.4 Å². The topological polar surface area (TPSA) is 103 Å². The summed E-state index contributed by atoms with van der Waals surface area (Å²) in [6, 6.07) is 11.3. The molecule has 2 aromatic rings. The lowest BCUT2D eigenvalue weighted by molar-refractivity contribution is -0.144.